The molecule has 2 aromatic heterocycles. The van der Waals surface area contributed by atoms with Crippen molar-refractivity contribution in [1.29, 1.82) is 5.26 Å². The molecule has 3 aromatic rings. The zero-order valence-electron chi connectivity index (χ0n) is 14.6. The van der Waals surface area contributed by atoms with Gasteiger partial charge in [-0.05, 0) is 36.4 Å². The first kappa shape index (κ1) is 20.7. The molecule has 0 unspecified atom stereocenters. The summed E-state index contributed by atoms with van der Waals surface area (Å²) in [5.41, 5.74) is 3.36. The van der Waals surface area contributed by atoms with Crippen LogP contribution < -0.4 is 9.64 Å². The summed E-state index contributed by atoms with van der Waals surface area (Å²) in [5.74, 6) is 0.658. The first-order valence-corrected chi connectivity index (χ1v) is 9.34. The normalized spacial score (nSPS) is 9.59. The molecule has 5 nitrogen and oxygen atoms in total. The summed E-state index contributed by atoms with van der Waals surface area (Å²) in [6, 6.07) is 19.3. The van der Waals surface area contributed by atoms with Gasteiger partial charge >= 0.3 is 25.2 Å². The molecule has 0 saturated carbocycles. The molecule has 3 rings (SSSR count). The van der Waals surface area contributed by atoms with Gasteiger partial charge in [0.15, 0.2) is 0 Å². The number of aromatic nitrogens is 2. The van der Waals surface area contributed by atoms with E-state index in [2.05, 4.69) is 46.1 Å². The van der Waals surface area contributed by atoms with Gasteiger partial charge in [0, 0.05) is 18.5 Å². The van der Waals surface area contributed by atoms with Gasteiger partial charge < -0.3 is 9.64 Å². The SMILES string of the molecule is COc1cc(C#N)ccc1N(Cc1ccccn1)Cc1ccccn1.[Cl][Cu+]. The molecule has 0 aliphatic carbocycles. The van der Waals surface area contributed by atoms with Gasteiger partial charge in [-0.2, -0.15) is 5.26 Å². The second-order valence-corrected chi connectivity index (χ2v) is 5.50. The molecule has 1 aromatic carbocycles. The van der Waals surface area contributed by atoms with Crippen molar-refractivity contribution in [2.45, 2.75) is 13.1 Å². The van der Waals surface area contributed by atoms with Crippen LogP contribution in [0, 0.1) is 11.3 Å². The number of pyridine rings is 2. The van der Waals surface area contributed by atoms with Crippen LogP contribution in [0.2, 0.25) is 0 Å². The quantitative estimate of drug-likeness (QED) is 0.549. The van der Waals surface area contributed by atoms with E-state index in [0.717, 1.165) is 17.1 Å². The van der Waals surface area contributed by atoms with Crippen LogP contribution in [-0.2, 0) is 28.2 Å². The van der Waals surface area contributed by atoms with Gasteiger partial charge in [0.1, 0.15) is 5.75 Å². The number of hydrogen-bond donors (Lipinski definition) is 0. The molecule has 0 radical (unpaired) electrons. The summed E-state index contributed by atoms with van der Waals surface area (Å²) in [6.45, 7) is 1.22. The van der Waals surface area contributed by atoms with Crippen LogP contribution in [0.5, 0.6) is 5.75 Å². The molecule has 0 saturated heterocycles. The minimum atomic E-state index is 0.566. The van der Waals surface area contributed by atoms with Gasteiger partial charge in [-0.25, -0.2) is 0 Å². The van der Waals surface area contributed by atoms with E-state index >= 15 is 0 Å². The van der Waals surface area contributed by atoms with Gasteiger partial charge in [0.25, 0.3) is 0 Å². The zero-order valence-corrected chi connectivity index (χ0v) is 16.3. The number of hydrogen-bond acceptors (Lipinski definition) is 5. The number of rotatable bonds is 6. The second kappa shape index (κ2) is 11.2. The fourth-order valence-electron chi connectivity index (χ4n) is 2.61. The number of nitrogens with zero attached hydrogens (tertiary/aromatic N) is 4. The number of anilines is 1. The van der Waals surface area contributed by atoms with Crippen LogP contribution in [0.15, 0.2) is 67.0 Å². The summed E-state index contributed by atoms with van der Waals surface area (Å²) in [6.07, 6.45) is 3.56. The Hall–Kier alpha value is -2.58. The number of nitriles is 1. The molecule has 141 valence electrons. The van der Waals surface area contributed by atoms with E-state index in [-0.39, 0.29) is 0 Å². The summed E-state index contributed by atoms with van der Waals surface area (Å²) >= 11 is 3.66. The Labute approximate surface area is 171 Å². The average Bonchev–Trinajstić information content (AvgIpc) is 2.75. The average molecular weight is 429 g/mol. The molecule has 0 atom stereocenters. The van der Waals surface area contributed by atoms with Gasteiger partial charge in [-0.15, -0.1) is 0 Å². The third kappa shape index (κ3) is 5.97. The predicted octanol–water partition coefficient (Wildman–Crippen LogP) is 4.25. The van der Waals surface area contributed by atoms with E-state index in [0.29, 0.717) is 24.4 Å². The number of benzene rings is 1. The Morgan fingerprint density at radius 3 is 2.04 bits per heavy atom. The Bertz CT molecular complexity index is 831. The molecular weight excluding hydrogens is 411 g/mol. The summed E-state index contributed by atoms with van der Waals surface area (Å²) in [5, 5.41) is 9.12. The van der Waals surface area contributed by atoms with Gasteiger partial charge in [-0.1, -0.05) is 12.1 Å². The molecule has 7 heteroatoms. The van der Waals surface area contributed by atoms with Crippen molar-refractivity contribution in [2.24, 2.45) is 0 Å². The molecule has 0 spiro atoms. The molecule has 0 fully saturated rings. The van der Waals surface area contributed by atoms with Crippen molar-refractivity contribution in [2.75, 3.05) is 12.0 Å². The fourth-order valence-corrected chi connectivity index (χ4v) is 2.61. The second-order valence-electron chi connectivity index (χ2n) is 5.50. The summed E-state index contributed by atoms with van der Waals surface area (Å²) < 4.78 is 5.51. The van der Waals surface area contributed by atoms with Crippen LogP contribution >= 0.6 is 10.1 Å². The Morgan fingerprint density at radius 2 is 1.59 bits per heavy atom. The summed E-state index contributed by atoms with van der Waals surface area (Å²) in [7, 11) is 5.81. The van der Waals surface area contributed by atoms with Gasteiger partial charge in [0.2, 0.25) is 0 Å². The summed E-state index contributed by atoms with van der Waals surface area (Å²) in [4.78, 5) is 11.0. The maximum atomic E-state index is 9.12. The first-order chi connectivity index (χ1) is 13.3. The van der Waals surface area contributed by atoms with Crippen molar-refractivity contribution in [3.05, 3.63) is 83.9 Å². The standard InChI is InChI=1S/C20H18N4O.ClH.Cu/c1-25-20-12-16(13-21)8-9-19(20)24(14-17-6-2-4-10-22-17)15-18-7-3-5-11-23-18;;/h2-12H,14-15H2,1H3;1H;/q;;+2/p-1. The number of ether oxygens (including phenoxy) is 1. The molecule has 0 aliphatic rings. The van der Waals surface area contributed by atoms with Crippen molar-refractivity contribution in [3.63, 3.8) is 0 Å². The molecule has 0 bridgehead atoms. The van der Waals surface area contributed by atoms with Gasteiger partial charge in [0.05, 0.1) is 48.9 Å². The number of halogens is 1. The molecule has 2 heterocycles. The van der Waals surface area contributed by atoms with Crippen molar-refractivity contribution >= 4 is 15.8 Å². The van der Waals surface area contributed by atoms with Crippen LogP contribution in [0.1, 0.15) is 17.0 Å². The maximum absolute atomic E-state index is 9.12. The van der Waals surface area contributed by atoms with Crippen molar-refractivity contribution in [3.8, 4) is 11.8 Å². The van der Waals surface area contributed by atoms with Crippen LogP contribution in [0.4, 0.5) is 5.69 Å². The Balaban J connectivity index is 0.00000126. The Kier molecular flexibility index (Phi) is 8.60. The van der Waals surface area contributed by atoms with Crippen LogP contribution in [-0.4, -0.2) is 17.1 Å². The first-order valence-electron chi connectivity index (χ1n) is 8.04. The van der Waals surface area contributed by atoms with E-state index in [1.165, 1.54) is 0 Å². The molecule has 0 N–H and O–H groups in total. The van der Waals surface area contributed by atoms with Crippen molar-refractivity contribution < 1.29 is 19.8 Å². The fraction of sp³-hybridized carbons (Fsp3) is 0.150. The topological polar surface area (TPSA) is 62.0 Å². The van der Waals surface area contributed by atoms with E-state index in [1.807, 2.05) is 42.5 Å². The molecule has 0 amide bonds. The molecular formula is C20H18ClCuN4O+. The Morgan fingerprint density at radius 1 is 1.00 bits per heavy atom. The number of methoxy groups -OCH3 is 1. The monoisotopic (exact) mass is 428 g/mol. The van der Waals surface area contributed by atoms with E-state index in [9.17, 15) is 0 Å². The zero-order chi connectivity index (χ0) is 19.5. The molecule has 0 aliphatic heterocycles. The molecule has 27 heavy (non-hydrogen) atoms. The van der Waals surface area contributed by atoms with Crippen LogP contribution in [0.3, 0.4) is 0 Å². The van der Waals surface area contributed by atoms with Crippen molar-refractivity contribution in [1.82, 2.24) is 9.97 Å². The third-order valence-corrected chi connectivity index (χ3v) is 3.81. The van der Waals surface area contributed by atoms with E-state index < -0.39 is 0 Å². The van der Waals surface area contributed by atoms with Gasteiger partial charge in [-0.3, -0.25) is 9.97 Å². The van der Waals surface area contributed by atoms with E-state index in [1.54, 1.807) is 31.6 Å². The predicted molar refractivity (Wildman–Crippen MR) is 102 cm³/mol. The third-order valence-electron chi connectivity index (χ3n) is 3.81. The van der Waals surface area contributed by atoms with E-state index in [4.69, 9.17) is 10.00 Å². The van der Waals surface area contributed by atoms with Crippen LogP contribution in [0.25, 0.3) is 0 Å². The minimum absolute atomic E-state index is 0.566.